The van der Waals surface area contributed by atoms with Crippen molar-refractivity contribution in [2.45, 2.75) is 26.0 Å². The Kier molecular flexibility index (Phi) is 4.06. The van der Waals surface area contributed by atoms with E-state index in [-0.39, 0.29) is 6.10 Å². The van der Waals surface area contributed by atoms with Gasteiger partial charge in [-0.1, -0.05) is 35.0 Å². The molecule has 0 bridgehead atoms. The van der Waals surface area contributed by atoms with Gasteiger partial charge in [0.2, 0.25) is 0 Å². The van der Waals surface area contributed by atoms with Crippen LogP contribution in [0.3, 0.4) is 0 Å². The van der Waals surface area contributed by atoms with Crippen LogP contribution in [0.5, 0.6) is 5.75 Å². The highest BCUT2D eigenvalue weighted by Crippen LogP contribution is 2.36. The topological polar surface area (TPSA) is 38.5 Å². The Morgan fingerprint density at radius 1 is 1.24 bits per heavy atom. The van der Waals surface area contributed by atoms with E-state index >= 15 is 0 Å². The molecule has 21 heavy (non-hydrogen) atoms. The molecule has 0 spiro atoms. The van der Waals surface area contributed by atoms with Crippen LogP contribution < -0.4 is 15.4 Å². The summed E-state index contributed by atoms with van der Waals surface area (Å²) in [7, 11) is 0. The Labute approximate surface area is 133 Å². The van der Waals surface area contributed by atoms with E-state index in [0.717, 1.165) is 41.1 Å². The highest BCUT2D eigenvalue weighted by molar-refractivity contribution is 9.10. The fourth-order valence-corrected chi connectivity index (χ4v) is 2.88. The number of rotatable bonds is 3. The van der Waals surface area contributed by atoms with Gasteiger partial charge in [0.1, 0.15) is 11.9 Å². The van der Waals surface area contributed by atoms with E-state index in [0.29, 0.717) is 0 Å². The summed E-state index contributed by atoms with van der Waals surface area (Å²) in [4.78, 5) is 2.35. The molecule has 110 valence electrons. The molecule has 0 fully saturated rings. The van der Waals surface area contributed by atoms with Gasteiger partial charge in [0.15, 0.2) is 0 Å². The van der Waals surface area contributed by atoms with E-state index in [4.69, 9.17) is 10.5 Å². The second-order valence-electron chi connectivity index (χ2n) is 5.38. The number of hydrogen-bond donors (Lipinski definition) is 1. The summed E-state index contributed by atoms with van der Waals surface area (Å²) >= 11 is 3.48. The molecule has 0 saturated carbocycles. The number of nitrogens with two attached hydrogens (primary N) is 1. The first-order valence-corrected chi connectivity index (χ1v) is 8.00. The lowest BCUT2D eigenvalue weighted by molar-refractivity contribution is 0.189. The zero-order valence-corrected chi connectivity index (χ0v) is 13.6. The van der Waals surface area contributed by atoms with Crippen LogP contribution in [0.15, 0.2) is 46.9 Å². The van der Waals surface area contributed by atoms with Crippen molar-refractivity contribution >= 4 is 27.3 Å². The molecule has 1 unspecified atom stereocenters. The van der Waals surface area contributed by atoms with Crippen LogP contribution in [0.25, 0.3) is 0 Å². The van der Waals surface area contributed by atoms with Gasteiger partial charge >= 0.3 is 0 Å². The van der Waals surface area contributed by atoms with E-state index in [1.165, 1.54) is 5.56 Å². The molecular weight excluding hydrogens is 328 g/mol. The second kappa shape index (κ2) is 5.98. The number of nitrogens with zero attached hydrogens (tertiary/aromatic N) is 1. The Morgan fingerprint density at radius 2 is 2.00 bits per heavy atom. The number of hydrogen-bond acceptors (Lipinski definition) is 3. The van der Waals surface area contributed by atoms with Gasteiger partial charge in [-0.05, 0) is 42.3 Å². The molecule has 0 amide bonds. The maximum absolute atomic E-state index is 6.02. The van der Waals surface area contributed by atoms with Crippen LogP contribution in [-0.4, -0.2) is 12.6 Å². The van der Waals surface area contributed by atoms with Crippen molar-refractivity contribution in [2.75, 3.05) is 17.2 Å². The third-order valence-electron chi connectivity index (χ3n) is 3.78. The van der Waals surface area contributed by atoms with Gasteiger partial charge in [0.05, 0.1) is 12.2 Å². The van der Waals surface area contributed by atoms with Crippen LogP contribution in [0.1, 0.15) is 18.9 Å². The third-order valence-corrected chi connectivity index (χ3v) is 4.31. The number of fused-ring (bicyclic) bond motifs is 1. The molecule has 3 rings (SSSR count). The van der Waals surface area contributed by atoms with Gasteiger partial charge in [0, 0.05) is 16.7 Å². The summed E-state index contributed by atoms with van der Waals surface area (Å²) in [6.45, 7) is 3.91. The molecule has 1 aliphatic rings. The summed E-state index contributed by atoms with van der Waals surface area (Å²) in [5, 5.41) is 0. The largest absolute Gasteiger partial charge is 0.486 e. The smallest absolute Gasteiger partial charge is 0.143 e. The SMILES string of the molecule is CCC1CN(Cc2ccc(Br)cc2)c2cc(N)ccc2O1. The molecule has 0 saturated heterocycles. The zero-order valence-electron chi connectivity index (χ0n) is 12.1. The van der Waals surface area contributed by atoms with Crippen molar-refractivity contribution in [2.24, 2.45) is 0 Å². The quantitative estimate of drug-likeness (QED) is 0.846. The van der Waals surface area contributed by atoms with E-state index < -0.39 is 0 Å². The maximum Gasteiger partial charge on any atom is 0.143 e. The molecule has 2 aromatic rings. The van der Waals surface area contributed by atoms with Crippen molar-refractivity contribution in [3.63, 3.8) is 0 Å². The van der Waals surface area contributed by atoms with Gasteiger partial charge in [-0.2, -0.15) is 0 Å². The molecule has 4 heteroatoms. The standard InChI is InChI=1S/C17H19BrN2O/c1-2-15-11-20(10-12-3-5-13(18)6-4-12)16-9-14(19)7-8-17(16)21-15/h3-9,15H,2,10-11,19H2,1H3. The summed E-state index contributed by atoms with van der Waals surface area (Å²) in [5.41, 5.74) is 9.07. The van der Waals surface area contributed by atoms with Crippen molar-refractivity contribution in [1.29, 1.82) is 0 Å². The van der Waals surface area contributed by atoms with Crippen LogP contribution >= 0.6 is 15.9 Å². The number of ether oxygens (including phenoxy) is 1. The number of anilines is 2. The predicted octanol–water partition coefficient (Wildman–Crippen LogP) is 4.21. The lowest BCUT2D eigenvalue weighted by atomic mass is 10.1. The molecule has 1 heterocycles. The summed E-state index contributed by atoms with van der Waals surface area (Å²) < 4.78 is 7.12. The normalized spacial score (nSPS) is 17.2. The van der Waals surface area contributed by atoms with E-state index in [1.807, 2.05) is 18.2 Å². The van der Waals surface area contributed by atoms with Crippen molar-refractivity contribution in [1.82, 2.24) is 0 Å². The molecule has 2 aromatic carbocycles. The van der Waals surface area contributed by atoms with Gasteiger partial charge in [-0.25, -0.2) is 0 Å². The van der Waals surface area contributed by atoms with Crippen LogP contribution in [0.2, 0.25) is 0 Å². The number of nitrogen functional groups attached to an aromatic ring is 1. The molecule has 0 aromatic heterocycles. The van der Waals surface area contributed by atoms with Crippen molar-refractivity contribution < 1.29 is 4.74 Å². The average Bonchev–Trinajstić information content (AvgIpc) is 2.49. The fraction of sp³-hybridized carbons (Fsp3) is 0.294. The van der Waals surface area contributed by atoms with Gasteiger partial charge < -0.3 is 15.4 Å². The van der Waals surface area contributed by atoms with Crippen molar-refractivity contribution in [3.05, 3.63) is 52.5 Å². The second-order valence-corrected chi connectivity index (χ2v) is 6.30. The minimum Gasteiger partial charge on any atom is -0.486 e. The minimum absolute atomic E-state index is 0.233. The molecule has 0 aliphatic carbocycles. The van der Waals surface area contributed by atoms with Crippen LogP contribution in [0.4, 0.5) is 11.4 Å². The predicted molar refractivity (Wildman–Crippen MR) is 90.8 cm³/mol. The molecule has 2 N–H and O–H groups in total. The first-order chi connectivity index (χ1) is 10.2. The number of benzene rings is 2. The Hall–Kier alpha value is -1.68. The van der Waals surface area contributed by atoms with Gasteiger partial charge in [0.25, 0.3) is 0 Å². The van der Waals surface area contributed by atoms with Crippen LogP contribution in [-0.2, 0) is 6.54 Å². The fourth-order valence-electron chi connectivity index (χ4n) is 2.61. The van der Waals surface area contributed by atoms with Gasteiger partial charge in [-0.15, -0.1) is 0 Å². The zero-order chi connectivity index (χ0) is 14.8. The highest BCUT2D eigenvalue weighted by atomic mass is 79.9. The molecule has 1 atom stereocenters. The molecule has 1 aliphatic heterocycles. The highest BCUT2D eigenvalue weighted by Gasteiger charge is 2.24. The lowest BCUT2D eigenvalue weighted by Crippen LogP contribution is -2.39. The average molecular weight is 347 g/mol. The Morgan fingerprint density at radius 3 is 2.71 bits per heavy atom. The summed E-state index contributed by atoms with van der Waals surface area (Å²) in [6, 6.07) is 14.3. The summed E-state index contributed by atoms with van der Waals surface area (Å²) in [6.07, 6.45) is 1.23. The maximum atomic E-state index is 6.02. The Balaban J connectivity index is 1.90. The summed E-state index contributed by atoms with van der Waals surface area (Å²) in [5.74, 6) is 0.930. The van der Waals surface area contributed by atoms with Crippen LogP contribution in [0, 0.1) is 0 Å². The first-order valence-electron chi connectivity index (χ1n) is 7.21. The van der Waals surface area contributed by atoms with Gasteiger partial charge in [-0.3, -0.25) is 0 Å². The lowest BCUT2D eigenvalue weighted by Gasteiger charge is -2.36. The van der Waals surface area contributed by atoms with E-state index in [1.54, 1.807) is 0 Å². The minimum atomic E-state index is 0.233. The van der Waals surface area contributed by atoms with E-state index in [9.17, 15) is 0 Å². The molecule has 0 radical (unpaired) electrons. The Bertz CT molecular complexity index is 627. The first kappa shape index (κ1) is 14.3. The molecular formula is C17H19BrN2O. The van der Waals surface area contributed by atoms with E-state index in [2.05, 4.69) is 52.0 Å². The monoisotopic (exact) mass is 346 g/mol. The number of halogens is 1. The molecule has 3 nitrogen and oxygen atoms in total. The third kappa shape index (κ3) is 3.16. The van der Waals surface area contributed by atoms with Crippen molar-refractivity contribution in [3.8, 4) is 5.75 Å².